The Labute approximate surface area is 123 Å². The van der Waals surface area contributed by atoms with E-state index in [0.29, 0.717) is 0 Å². The standard InChI is InChI=1S/C16H16ClN3/c17-14-8-6-12(7-9-14)10-18-16-19-11-15(20-16)13-4-2-1-3-5-13/h1-9,15H,10-11H2,(H2,18,19,20). The first-order valence-electron chi connectivity index (χ1n) is 6.65. The highest BCUT2D eigenvalue weighted by Crippen LogP contribution is 2.16. The Balaban J connectivity index is 1.54. The second-order valence-corrected chi connectivity index (χ2v) is 5.21. The minimum atomic E-state index is 0.268. The Bertz CT molecular complexity index is 593. The van der Waals surface area contributed by atoms with Crippen LogP contribution in [0.5, 0.6) is 0 Å². The van der Waals surface area contributed by atoms with Crippen molar-refractivity contribution < 1.29 is 0 Å². The van der Waals surface area contributed by atoms with E-state index in [2.05, 4.69) is 39.9 Å². The van der Waals surface area contributed by atoms with Gasteiger partial charge in [-0.2, -0.15) is 0 Å². The Kier molecular flexibility index (Phi) is 3.88. The molecule has 1 unspecified atom stereocenters. The Morgan fingerprint density at radius 2 is 1.85 bits per heavy atom. The lowest BCUT2D eigenvalue weighted by molar-refractivity contribution is 0.698. The summed E-state index contributed by atoms with van der Waals surface area (Å²) in [5, 5.41) is 7.47. The lowest BCUT2D eigenvalue weighted by atomic mass is 10.1. The van der Waals surface area contributed by atoms with Crippen molar-refractivity contribution >= 4 is 17.6 Å². The number of hydrogen-bond donors (Lipinski definition) is 2. The first-order chi connectivity index (χ1) is 9.81. The van der Waals surface area contributed by atoms with E-state index in [0.717, 1.165) is 24.1 Å². The molecule has 1 aliphatic rings. The Morgan fingerprint density at radius 3 is 2.60 bits per heavy atom. The molecule has 4 heteroatoms. The number of rotatable bonds is 3. The van der Waals surface area contributed by atoms with Gasteiger partial charge in [0.1, 0.15) is 0 Å². The van der Waals surface area contributed by atoms with Gasteiger partial charge in [0.15, 0.2) is 5.96 Å². The van der Waals surface area contributed by atoms with Gasteiger partial charge in [0.05, 0.1) is 12.6 Å². The molecule has 2 aromatic rings. The van der Waals surface area contributed by atoms with Crippen LogP contribution in [0.25, 0.3) is 0 Å². The van der Waals surface area contributed by atoms with Gasteiger partial charge in [0, 0.05) is 11.6 Å². The largest absolute Gasteiger partial charge is 0.352 e. The summed E-state index contributed by atoms with van der Waals surface area (Å²) >= 11 is 5.87. The van der Waals surface area contributed by atoms with Crippen LogP contribution in [-0.2, 0) is 6.54 Å². The van der Waals surface area contributed by atoms with Crippen LogP contribution in [0, 0.1) is 0 Å². The molecule has 0 fully saturated rings. The van der Waals surface area contributed by atoms with E-state index in [1.807, 2.05) is 30.3 Å². The number of nitrogens with zero attached hydrogens (tertiary/aromatic N) is 1. The van der Waals surface area contributed by atoms with Crippen molar-refractivity contribution in [3.05, 3.63) is 70.7 Å². The van der Waals surface area contributed by atoms with Gasteiger partial charge in [-0.3, -0.25) is 4.99 Å². The Morgan fingerprint density at radius 1 is 1.10 bits per heavy atom. The first-order valence-corrected chi connectivity index (χ1v) is 7.03. The number of nitrogens with one attached hydrogen (secondary N) is 2. The van der Waals surface area contributed by atoms with Gasteiger partial charge < -0.3 is 10.6 Å². The van der Waals surface area contributed by atoms with Crippen molar-refractivity contribution in [1.82, 2.24) is 10.6 Å². The Hall–Kier alpha value is -2.00. The lowest BCUT2D eigenvalue weighted by Crippen LogP contribution is -2.34. The van der Waals surface area contributed by atoms with Gasteiger partial charge in [-0.25, -0.2) is 0 Å². The summed E-state index contributed by atoms with van der Waals surface area (Å²) < 4.78 is 0. The van der Waals surface area contributed by atoms with Gasteiger partial charge in [-0.15, -0.1) is 0 Å². The van der Waals surface area contributed by atoms with Crippen LogP contribution in [0.3, 0.4) is 0 Å². The number of aliphatic imine (C=N–C) groups is 1. The molecule has 0 amide bonds. The maximum absolute atomic E-state index is 5.87. The second kappa shape index (κ2) is 5.97. The third-order valence-electron chi connectivity index (χ3n) is 3.32. The summed E-state index contributed by atoms with van der Waals surface area (Å²) in [6.45, 7) is 1.51. The molecule has 3 nitrogen and oxygen atoms in total. The van der Waals surface area contributed by atoms with Crippen LogP contribution in [0.4, 0.5) is 0 Å². The summed E-state index contributed by atoms with van der Waals surface area (Å²) in [5.74, 6) is 0.855. The number of benzene rings is 2. The van der Waals surface area contributed by atoms with Crippen molar-refractivity contribution in [2.75, 3.05) is 6.54 Å². The third-order valence-corrected chi connectivity index (χ3v) is 3.57. The molecule has 0 radical (unpaired) electrons. The molecule has 0 bridgehead atoms. The fraction of sp³-hybridized carbons (Fsp3) is 0.188. The van der Waals surface area contributed by atoms with Crippen molar-refractivity contribution in [2.24, 2.45) is 4.99 Å². The second-order valence-electron chi connectivity index (χ2n) is 4.78. The number of halogens is 1. The zero-order chi connectivity index (χ0) is 13.8. The van der Waals surface area contributed by atoms with Gasteiger partial charge in [0.2, 0.25) is 0 Å². The molecule has 0 saturated carbocycles. The maximum Gasteiger partial charge on any atom is 0.192 e. The fourth-order valence-corrected chi connectivity index (χ4v) is 2.33. The topological polar surface area (TPSA) is 36.4 Å². The van der Waals surface area contributed by atoms with Crippen molar-refractivity contribution in [2.45, 2.75) is 12.6 Å². The molecule has 3 rings (SSSR count). The van der Waals surface area contributed by atoms with Crippen LogP contribution in [0.2, 0.25) is 5.02 Å². The molecule has 1 atom stereocenters. The smallest absolute Gasteiger partial charge is 0.192 e. The molecule has 0 spiro atoms. The summed E-state index contributed by atoms with van der Waals surface area (Å²) in [4.78, 5) is 4.49. The van der Waals surface area contributed by atoms with Crippen LogP contribution < -0.4 is 10.6 Å². The van der Waals surface area contributed by atoms with Crippen LogP contribution >= 0.6 is 11.6 Å². The van der Waals surface area contributed by atoms with Gasteiger partial charge >= 0.3 is 0 Å². The van der Waals surface area contributed by atoms with E-state index < -0.39 is 0 Å². The summed E-state index contributed by atoms with van der Waals surface area (Å²) in [5.41, 5.74) is 2.45. The SMILES string of the molecule is Clc1ccc(CNC2=NCC(c3ccccc3)N2)cc1. The molecule has 0 aliphatic carbocycles. The van der Waals surface area contributed by atoms with E-state index in [9.17, 15) is 0 Å². The number of guanidine groups is 1. The fourth-order valence-electron chi connectivity index (χ4n) is 2.21. The summed E-state index contributed by atoms with van der Waals surface area (Å²) in [6, 6.07) is 18.5. The predicted octanol–water partition coefficient (Wildman–Crippen LogP) is 3.13. The highest BCUT2D eigenvalue weighted by Gasteiger charge is 2.18. The monoisotopic (exact) mass is 285 g/mol. The van der Waals surface area contributed by atoms with E-state index in [1.54, 1.807) is 0 Å². The molecule has 1 aliphatic heterocycles. The highest BCUT2D eigenvalue weighted by atomic mass is 35.5. The van der Waals surface area contributed by atoms with E-state index in [1.165, 1.54) is 11.1 Å². The predicted molar refractivity (Wildman–Crippen MR) is 82.9 cm³/mol. The quantitative estimate of drug-likeness (QED) is 0.909. The van der Waals surface area contributed by atoms with Crippen molar-refractivity contribution in [1.29, 1.82) is 0 Å². The van der Waals surface area contributed by atoms with Gasteiger partial charge in [-0.05, 0) is 23.3 Å². The average molecular weight is 286 g/mol. The zero-order valence-electron chi connectivity index (χ0n) is 11.0. The van der Waals surface area contributed by atoms with Crippen LogP contribution in [0.1, 0.15) is 17.2 Å². The van der Waals surface area contributed by atoms with Gasteiger partial charge in [0.25, 0.3) is 0 Å². The van der Waals surface area contributed by atoms with E-state index in [-0.39, 0.29) is 6.04 Å². The lowest BCUT2D eigenvalue weighted by Gasteiger charge is -2.13. The molecule has 0 aromatic heterocycles. The minimum absolute atomic E-state index is 0.268. The number of hydrogen-bond acceptors (Lipinski definition) is 3. The third kappa shape index (κ3) is 3.11. The average Bonchev–Trinajstić information content (AvgIpc) is 2.97. The first kappa shape index (κ1) is 13.0. The molecular weight excluding hydrogens is 270 g/mol. The van der Waals surface area contributed by atoms with Crippen LogP contribution in [0.15, 0.2) is 59.6 Å². The zero-order valence-corrected chi connectivity index (χ0v) is 11.8. The molecule has 20 heavy (non-hydrogen) atoms. The molecule has 1 heterocycles. The van der Waals surface area contributed by atoms with Crippen molar-refractivity contribution in [3.8, 4) is 0 Å². The molecule has 2 N–H and O–H groups in total. The molecular formula is C16H16ClN3. The molecule has 2 aromatic carbocycles. The van der Waals surface area contributed by atoms with Crippen LogP contribution in [-0.4, -0.2) is 12.5 Å². The minimum Gasteiger partial charge on any atom is -0.352 e. The highest BCUT2D eigenvalue weighted by molar-refractivity contribution is 6.30. The molecule has 0 saturated heterocycles. The van der Waals surface area contributed by atoms with E-state index >= 15 is 0 Å². The van der Waals surface area contributed by atoms with Gasteiger partial charge in [-0.1, -0.05) is 54.1 Å². The molecule has 102 valence electrons. The maximum atomic E-state index is 5.87. The van der Waals surface area contributed by atoms with E-state index in [4.69, 9.17) is 11.6 Å². The normalized spacial score (nSPS) is 17.4. The summed E-state index contributed by atoms with van der Waals surface area (Å²) in [6.07, 6.45) is 0. The summed E-state index contributed by atoms with van der Waals surface area (Å²) in [7, 11) is 0. The van der Waals surface area contributed by atoms with Crippen molar-refractivity contribution in [3.63, 3.8) is 0 Å².